The zero-order valence-electron chi connectivity index (χ0n) is 6.42. The van der Waals surface area contributed by atoms with Gasteiger partial charge in [-0.1, -0.05) is 19.5 Å². The molecule has 0 saturated carbocycles. The predicted molar refractivity (Wildman–Crippen MR) is 37.9 cm³/mol. The number of fused-ring (bicyclic) bond motifs is 3. The van der Waals surface area contributed by atoms with Gasteiger partial charge in [0.2, 0.25) is 0 Å². The lowest BCUT2D eigenvalue weighted by molar-refractivity contribution is -0.380. The van der Waals surface area contributed by atoms with Gasteiger partial charge in [-0.25, -0.2) is 0 Å². The highest BCUT2D eigenvalue weighted by Crippen LogP contribution is 2.30. The maximum absolute atomic E-state index is 5.35. The van der Waals surface area contributed by atoms with Crippen molar-refractivity contribution in [2.75, 3.05) is 19.5 Å². The summed E-state index contributed by atoms with van der Waals surface area (Å²) in [5, 5.41) is 0. The molecule has 3 rings (SSSR count). The van der Waals surface area contributed by atoms with E-state index in [1.54, 1.807) is 0 Å². The molecule has 58 valence electrons. The monoisotopic (exact) mass is 143 g/mol. The van der Waals surface area contributed by atoms with Crippen LogP contribution in [-0.4, -0.2) is 31.6 Å². The van der Waals surface area contributed by atoms with Gasteiger partial charge in [-0.2, -0.15) is 6.82 Å². The summed E-state index contributed by atoms with van der Waals surface area (Å²) in [6.45, 7) is 6.43. The molecule has 0 atom stereocenters. The minimum Gasteiger partial charge on any atom is -0.367 e. The molecule has 3 heterocycles. The summed E-state index contributed by atoms with van der Waals surface area (Å²) in [5.41, 5.74) is 0. The van der Waals surface area contributed by atoms with Crippen LogP contribution in [-0.2, 0) is 14.2 Å². The Morgan fingerprint density at radius 2 is 1.50 bits per heavy atom. The molecule has 0 unspecified atom stereocenters. The Kier molecular flexibility index (Phi) is 1.16. The van der Waals surface area contributed by atoms with Crippen LogP contribution in [0.15, 0.2) is 0 Å². The van der Waals surface area contributed by atoms with E-state index in [1.165, 1.54) is 0 Å². The molecule has 3 fully saturated rings. The minimum atomic E-state index is -0.723. The topological polar surface area (TPSA) is 27.7 Å². The van der Waals surface area contributed by atoms with E-state index in [2.05, 4.69) is 6.82 Å². The number of ether oxygens (including phenoxy) is 3. The van der Waals surface area contributed by atoms with E-state index >= 15 is 0 Å². The molecule has 2 bridgehead atoms. The van der Waals surface area contributed by atoms with E-state index in [-0.39, 0.29) is 0 Å². The van der Waals surface area contributed by atoms with Crippen LogP contribution in [0.5, 0.6) is 0 Å². The van der Waals surface area contributed by atoms with Crippen molar-refractivity contribution in [3.8, 4) is 0 Å². The molecule has 0 amide bonds. The van der Waals surface area contributed by atoms with E-state index in [1.807, 2.05) is 6.92 Å². The first kappa shape index (κ1) is 6.64. The van der Waals surface area contributed by atoms with Crippen LogP contribution in [0.2, 0.25) is 6.82 Å². The summed E-state index contributed by atoms with van der Waals surface area (Å²) in [6, 6.07) is 0. The van der Waals surface area contributed by atoms with Crippen molar-refractivity contribution in [3.63, 3.8) is 0 Å². The van der Waals surface area contributed by atoms with Crippen LogP contribution in [0.4, 0.5) is 0 Å². The van der Waals surface area contributed by atoms with Gasteiger partial charge in [-0.05, 0) is 0 Å². The maximum Gasteiger partial charge on any atom is 0.270 e. The standard InChI is InChI=1S/C6H12BO3/c1-6-8-3-7(2,4-9-6)5-10-6/h3-5H2,1-2H3/q-1. The minimum absolute atomic E-state index is 0.514. The second-order valence-electron chi connectivity index (χ2n) is 3.89. The first-order valence-electron chi connectivity index (χ1n) is 3.78. The third kappa shape index (κ3) is 0.874. The molecule has 0 radical (unpaired) electrons. The lowest BCUT2D eigenvalue weighted by Gasteiger charge is -2.53. The Morgan fingerprint density at radius 1 is 1.10 bits per heavy atom. The molecule has 0 N–H and O–H groups in total. The first-order valence-corrected chi connectivity index (χ1v) is 3.78. The average molecular weight is 143 g/mol. The van der Waals surface area contributed by atoms with E-state index in [0.29, 0.717) is 0 Å². The highest BCUT2D eigenvalue weighted by Gasteiger charge is 2.42. The Bertz CT molecular complexity index is 117. The summed E-state index contributed by atoms with van der Waals surface area (Å²) in [4.78, 5) is 0. The molecule has 0 aromatic heterocycles. The van der Waals surface area contributed by atoms with Crippen LogP contribution in [0.1, 0.15) is 6.92 Å². The largest absolute Gasteiger partial charge is 0.367 e. The molecule has 0 aromatic rings. The van der Waals surface area contributed by atoms with Crippen molar-refractivity contribution in [1.82, 2.24) is 0 Å². The van der Waals surface area contributed by atoms with E-state index < -0.39 is 12.1 Å². The van der Waals surface area contributed by atoms with Gasteiger partial charge in [0.1, 0.15) is 0 Å². The highest BCUT2D eigenvalue weighted by atomic mass is 16.9. The van der Waals surface area contributed by atoms with Gasteiger partial charge in [0.15, 0.2) is 0 Å². The Morgan fingerprint density at radius 3 is 1.80 bits per heavy atom. The van der Waals surface area contributed by atoms with Crippen molar-refractivity contribution in [2.24, 2.45) is 0 Å². The van der Waals surface area contributed by atoms with Gasteiger partial charge in [0.05, 0.1) is 6.15 Å². The summed E-state index contributed by atoms with van der Waals surface area (Å²) in [6.07, 6.45) is -0.514. The Balaban J connectivity index is 2.16. The lowest BCUT2D eigenvalue weighted by atomic mass is 9.27. The van der Waals surface area contributed by atoms with Gasteiger partial charge in [0.25, 0.3) is 5.97 Å². The maximum atomic E-state index is 5.35. The molecule has 3 nitrogen and oxygen atoms in total. The number of rotatable bonds is 0. The quantitative estimate of drug-likeness (QED) is 0.460. The van der Waals surface area contributed by atoms with Gasteiger partial charge in [0, 0.05) is 6.92 Å². The van der Waals surface area contributed by atoms with Crippen LogP contribution < -0.4 is 0 Å². The first-order chi connectivity index (χ1) is 4.62. The fraction of sp³-hybridized carbons (Fsp3) is 1.00. The van der Waals surface area contributed by atoms with Gasteiger partial charge < -0.3 is 14.2 Å². The summed E-state index contributed by atoms with van der Waals surface area (Å²) < 4.78 is 16.1. The number of hydrogen-bond donors (Lipinski definition) is 0. The second-order valence-corrected chi connectivity index (χ2v) is 3.89. The molecule has 3 saturated heterocycles. The zero-order chi connectivity index (χ0) is 7.24. The SMILES string of the molecule is C[B-]12COC(C)(OC1)OC2. The molecular formula is C6H12BO3-. The fourth-order valence-electron chi connectivity index (χ4n) is 1.33. The summed E-state index contributed by atoms with van der Waals surface area (Å²) in [5.74, 6) is -0.723. The molecule has 10 heavy (non-hydrogen) atoms. The third-order valence-electron chi connectivity index (χ3n) is 2.24. The molecular weight excluding hydrogens is 131 g/mol. The van der Waals surface area contributed by atoms with E-state index in [0.717, 1.165) is 19.5 Å². The lowest BCUT2D eigenvalue weighted by Crippen LogP contribution is -2.65. The smallest absolute Gasteiger partial charge is 0.270 e. The molecule has 0 aliphatic carbocycles. The van der Waals surface area contributed by atoms with Crippen LogP contribution in [0.3, 0.4) is 0 Å². The van der Waals surface area contributed by atoms with E-state index in [4.69, 9.17) is 14.2 Å². The highest BCUT2D eigenvalue weighted by molar-refractivity contribution is 6.78. The second kappa shape index (κ2) is 1.75. The van der Waals surface area contributed by atoms with Gasteiger partial charge in [-0.15, -0.1) is 0 Å². The van der Waals surface area contributed by atoms with Crippen molar-refractivity contribution in [1.29, 1.82) is 0 Å². The van der Waals surface area contributed by atoms with Crippen LogP contribution in [0.25, 0.3) is 0 Å². The number of hydrogen-bond acceptors (Lipinski definition) is 3. The zero-order valence-corrected chi connectivity index (χ0v) is 6.42. The summed E-state index contributed by atoms with van der Waals surface area (Å²) >= 11 is 0. The molecule has 0 spiro atoms. The molecule has 4 heteroatoms. The van der Waals surface area contributed by atoms with Crippen LogP contribution >= 0.6 is 0 Å². The van der Waals surface area contributed by atoms with Crippen LogP contribution in [0, 0.1) is 0 Å². The molecule has 0 aromatic carbocycles. The van der Waals surface area contributed by atoms with Crippen molar-refractivity contribution in [2.45, 2.75) is 19.7 Å². The summed E-state index contributed by atoms with van der Waals surface area (Å²) in [7, 11) is 0. The van der Waals surface area contributed by atoms with Gasteiger partial charge >= 0.3 is 0 Å². The molecule has 3 aliphatic rings. The Hall–Kier alpha value is -0.0551. The van der Waals surface area contributed by atoms with Crippen molar-refractivity contribution in [3.05, 3.63) is 0 Å². The van der Waals surface area contributed by atoms with E-state index in [9.17, 15) is 0 Å². The fourth-order valence-corrected chi connectivity index (χ4v) is 1.33. The normalized spacial score (nSPS) is 53.4. The molecule has 3 aliphatic heterocycles. The third-order valence-corrected chi connectivity index (χ3v) is 2.24. The average Bonchev–Trinajstić information content (AvgIpc) is 1.93. The Labute approximate surface area is 60.6 Å². The van der Waals surface area contributed by atoms with Crippen molar-refractivity contribution >= 4 is 6.15 Å². The van der Waals surface area contributed by atoms with Gasteiger partial charge in [-0.3, -0.25) is 0 Å². The predicted octanol–water partition coefficient (Wildman–Crippen LogP) is 0.433. The van der Waals surface area contributed by atoms with Crippen molar-refractivity contribution < 1.29 is 14.2 Å².